The number of rotatable bonds is 2. The van der Waals surface area contributed by atoms with Gasteiger partial charge < -0.3 is 4.98 Å². The molecule has 0 radical (unpaired) electrons. The van der Waals surface area contributed by atoms with Crippen LogP contribution in [-0.2, 0) is 25.7 Å². The summed E-state index contributed by atoms with van der Waals surface area (Å²) in [6, 6.07) is 5.10. The van der Waals surface area contributed by atoms with Crippen LogP contribution in [0.15, 0.2) is 23.0 Å². The number of benzene rings is 1. The van der Waals surface area contributed by atoms with Crippen molar-refractivity contribution in [2.45, 2.75) is 25.7 Å². The van der Waals surface area contributed by atoms with Crippen molar-refractivity contribution in [3.05, 3.63) is 61.2 Å². The monoisotopic (exact) mass is 377 g/mol. The molecule has 128 valence electrons. The fourth-order valence-corrected chi connectivity index (χ4v) is 3.29. The molecule has 1 aliphatic rings. The normalized spacial score (nSPS) is 15.4. The van der Waals surface area contributed by atoms with Crippen LogP contribution in [0.2, 0.25) is 10.0 Å². The quantitative estimate of drug-likeness (QED) is 0.868. The molecule has 1 aromatic heterocycles. The first-order valence-electron chi connectivity index (χ1n) is 7.09. The van der Waals surface area contributed by atoms with Gasteiger partial charge in [0.05, 0.1) is 5.69 Å². The molecule has 0 saturated carbocycles. The van der Waals surface area contributed by atoms with Gasteiger partial charge in [-0.3, -0.25) is 9.69 Å². The molecule has 1 aromatic carbocycles. The lowest BCUT2D eigenvalue weighted by Gasteiger charge is -2.28. The molecule has 9 heteroatoms. The Labute approximate surface area is 145 Å². The zero-order valence-corrected chi connectivity index (χ0v) is 13.8. The molecule has 0 aliphatic carbocycles. The zero-order chi connectivity index (χ0) is 17.5. The van der Waals surface area contributed by atoms with E-state index in [0.717, 1.165) is 5.56 Å². The van der Waals surface area contributed by atoms with Gasteiger partial charge in [0.1, 0.15) is 0 Å². The van der Waals surface area contributed by atoms with E-state index in [9.17, 15) is 18.0 Å². The minimum absolute atomic E-state index is 0.158. The maximum Gasteiger partial charge on any atom is 0.449 e. The van der Waals surface area contributed by atoms with Gasteiger partial charge in [-0.2, -0.15) is 13.2 Å². The number of fused-ring (bicyclic) bond motifs is 1. The second-order valence-corrected chi connectivity index (χ2v) is 6.45. The molecular formula is C15H12Cl2F3N3O. The summed E-state index contributed by atoms with van der Waals surface area (Å²) in [5.74, 6) is -1.26. The highest BCUT2D eigenvalue weighted by molar-refractivity contribution is 6.34. The van der Waals surface area contributed by atoms with Gasteiger partial charge in [-0.25, -0.2) is 4.98 Å². The summed E-state index contributed by atoms with van der Waals surface area (Å²) in [6.07, 6.45) is -4.35. The number of aromatic amines is 1. The summed E-state index contributed by atoms with van der Waals surface area (Å²) in [4.78, 5) is 19.1. The number of alkyl halides is 3. The minimum atomic E-state index is -4.68. The van der Waals surface area contributed by atoms with Crippen LogP contribution in [0, 0.1) is 0 Å². The Morgan fingerprint density at radius 1 is 1.21 bits per heavy atom. The van der Waals surface area contributed by atoms with Crippen molar-refractivity contribution in [2.75, 3.05) is 6.54 Å². The average molecular weight is 378 g/mol. The number of hydrogen-bond acceptors (Lipinski definition) is 3. The summed E-state index contributed by atoms with van der Waals surface area (Å²) in [7, 11) is 0. The SMILES string of the molecule is O=c1[nH]c(C(F)(F)F)nc2c1CCN(Cc1cc(Cl)cc(Cl)c1)C2. The second kappa shape index (κ2) is 6.38. The third-order valence-electron chi connectivity index (χ3n) is 3.75. The van der Waals surface area contributed by atoms with E-state index in [1.54, 1.807) is 18.2 Å². The number of nitrogens with one attached hydrogen (secondary N) is 1. The highest BCUT2D eigenvalue weighted by Crippen LogP contribution is 2.27. The minimum Gasteiger partial charge on any atom is -0.303 e. The Balaban J connectivity index is 1.85. The van der Waals surface area contributed by atoms with E-state index in [0.29, 0.717) is 35.1 Å². The van der Waals surface area contributed by atoms with Crippen LogP contribution < -0.4 is 5.56 Å². The van der Waals surface area contributed by atoms with Gasteiger partial charge in [-0.1, -0.05) is 23.2 Å². The summed E-state index contributed by atoms with van der Waals surface area (Å²) in [6.45, 7) is 1.15. The van der Waals surface area contributed by atoms with Crippen LogP contribution in [0.3, 0.4) is 0 Å². The Hall–Kier alpha value is -1.57. The average Bonchev–Trinajstić information content (AvgIpc) is 2.44. The molecular weight excluding hydrogens is 366 g/mol. The van der Waals surface area contributed by atoms with E-state index in [4.69, 9.17) is 23.2 Å². The fourth-order valence-electron chi connectivity index (χ4n) is 2.72. The molecule has 0 amide bonds. The second-order valence-electron chi connectivity index (χ2n) is 5.58. The van der Waals surface area contributed by atoms with Crippen LogP contribution in [0.4, 0.5) is 13.2 Å². The molecule has 0 saturated heterocycles. The van der Waals surface area contributed by atoms with E-state index in [1.165, 1.54) is 0 Å². The lowest BCUT2D eigenvalue weighted by atomic mass is 10.1. The smallest absolute Gasteiger partial charge is 0.303 e. The number of nitrogens with zero attached hydrogens (tertiary/aromatic N) is 2. The third-order valence-corrected chi connectivity index (χ3v) is 4.19. The molecule has 2 heterocycles. The first-order chi connectivity index (χ1) is 11.2. The number of hydrogen-bond donors (Lipinski definition) is 1. The Kier molecular flexibility index (Phi) is 4.59. The van der Waals surface area contributed by atoms with Crippen LogP contribution in [-0.4, -0.2) is 21.4 Å². The van der Waals surface area contributed by atoms with E-state index in [1.807, 2.05) is 9.88 Å². The summed E-state index contributed by atoms with van der Waals surface area (Å²) >= 11 is 11.9. The summed E-state index contributed by atoms with van der Waals surface area (Å²) in [5.41, 5.74) is 0.587. The van der Waals surface area contributed by atoms with E-state index >= 15 is 0 Å². The van der Waals surface area contributed by atoms with Gasteiger partial charge in [-0.05, 0) is 30.2 Å². The van der Waals surface area contributed by atoms with Gasteiger partial charge in [0.25, 0.3) is 5.56 Å². The highest BCUT2D eigenvalue weighted by atomic mass is 35.5. The molecule has 0 unspecified atom stereocenters. The third kappa shape index (κ3) is 3.74. The maximum atomic E-state index is 12.8. The highest BCUT2D eigenvalue weighted by Gasteiger charge is 2.35. The molecule has 24 heavy (non-hydrogen) atoms. The van der Waals surface area contributed by atoms with Gasteiger partial charge in [0.2, 0.25) is 5.82 Å². The number of halogens is 5. The first-order valence-corrected chi connectivity index (χ1v) is 7.84. The molecule has 1 N–H and O–H groups in total. The zero-order valence-electron chi connectivity index (χ0n) is 12.3. The summed E-state index contributed by atoms with van der Waals surface area (Å²) < 4.78 is 38.4. The molecule has 0 spiro atoms. The Bertz CT molecular complexity index is 815. The van der Waals surface area contributed by atoms with E-state index in [2.05, 4.69) is 4.98 Å². The van der Waals surface area contributed by atoms with Crippen LogP contribution in [0.5, 0.6) is 0 Å². The Morgan fingerprint density at radius 3 is 2.50 bits per heavy atom. The van der Waals surface area contributed by atoms with Gasteiger partial charge in [0.15, 0.2) is 0 Å². The van der Waals surface area contributed by atoms with Crippen LogP contribution in [0.1, 0.15) is 22.6 Å². The first kappa shape index (κ1) is 17.3. The molecule has 0 fully saturated rings. The van der Waals surface area contributed by atoms with E-state index in [-0.39, 0.29) is 12.2 Å². The summed E-state index contributed by atoms with van der Waals surface area (Å²) in [5, 5.41) is 0.979. The van der Waals surface area contributed by atoms with Crippen molar-refractivity contribution in [3.8, 4) is 0 Å². The standard InChI is InChI=1S/C15H12Cl2F3N3O/c16-9-3-8(4-10(17)5-9)6-23-2-1-11-12(7-23)21-14(15(18,19)20)22-13(11)24/h3-5H,1-2,6-7H2,(H,21,22,24). The van der Waals surface area contributed by atoms with Gasteiger partial charge in [-0.15, -0.1) is 0 Å². The maximum absolute atomic E-state index is 12.8. The topological polar surface area (TPSA) is 49.0 Å². The Morgan fingerprint density at radius 2 is 1.88 bits per heavy atom. The fraction of sp³-hybridized carbons (Fsp3) is 0.333. The van der Waals surface area contributed by atoms with Crippen molar-refractivity contribution in [1.82, 2.24) is 14.9 Å². The van der Waals surface area contributed by atoms with Crippen LogP contribution >= 0.6 is 23.2 Å². The molecule has 4 nitrogen and oxygen atoms in total. The van der Waals surface area contributed by atoms with Crippen LogP contribution in [0.25, 0.3) is 0 Å². The molecule has 0 bridgehead atoms. The molecule has 3 rings (SSSR count). The predicted molar refractivity (Wildman–Crippen MR) is 84.1 cm³/mol. The van der Waals surface area contributed by atoms with E-state index < -0.39 is 17.6 Å². The van der Waals surface area contributed by atoms with Crippen molar-refractivity contribution >= 4 is 23.2 Å². The number of aromatic nitrogens is 2. The van der Waals surface area contributed by atoms with Crippen molar-refractivity contribution in [2.24, 2.45) is 0 Å². The molecule has 0 atom stereocenters. The predicted octanol–water partition coefficient (Wildman–Crippen LogP) is 3.65. The molecule has 1 aliphatic heterocycles. The lowest BCUT2D eigenvalue weighted by molar-refractivity contribution is -0.145. The lowest BCUT2D eigenvalue weighted by Crippen LogP contribution is -2.36. The number of H-pyrrole nitrogens is 1. The largest absolute Gasteiger partial charge is 0.449 e. The van der Waals surface area contributed by atoms with Crippen molar-refractivity contribution in [3.63, 3.8) is 0 Å². The van der Waals surface area contributed by atoms with Crippen molar-refractivity contribution < 1.29 is 13.2 Å². The molecule has 2 aromatic rings. The van der Waals surface area contributed by atoms with Gasteiger partial charge >= 0.3 is 6.18 Å². The van der Waals surface area contributed by atoms with Crippen molar-refractivity contribution in [1.29, 1.82) is 0 Å². The van der Waals surface area contributed by atoms with Gasteiger partial charge in [0, 0.05) is 35.2 Å².